The maximum absolute atomic E-state index is 13.3. The van der Waals surface area contributed by atoms with E-state index in [0.29, 0.717) is 6.42 Å². The van der Waals surface area contributed by atoms with E-state index in [-0.39, 0.29) is 5.91 Å². The largest absolute Gasteiger partial charge is 0.325 e. The van der Waals surface area contributed by atoms with Crippen molar-refractivity contribution in [2.45, 2.75) is 18.8 Å². The van der Waals surface area contributed by atoms with Crippen LogP contribution in [0.15, 0.2) is 78.9 Å². The summed E-state index contributed by atoms with van der Waals surface area (Å²) < 4.78 is 0. The summed E-state index contributed by atoms with van der Waals surface area (Å²) in [6.07, 6.45) is 0.671. The predicted octanol–water partition coefficient (Wildman–Crippen LogP) is 4.48. The van der Waals surface area contributed by atoms with E-state index >= 15 is 0 Å². The lowest BCUT2D eigenvalue weighted by molar-refractivity contribution is -0.120. The average molecular weight is 313 g/mol. The van der Waals surface area contributed by atoms with Gasteiger partial charge < -0.3 is 5.32 Å². The number of aryl methyl sites for hydroxylation is 1. The molecule has 0 saturated carbocycles. The quantitative estimate of drug-likeness (QED) is 0.743. The van der Waals surface area contributed by atoms with Gasteiger partial charge >= 0.3 is 0 Å². The summed E-state index contributed by atoms with van der Waals surface area (Å²) in [5.41, 5.74) is 4.62. The van der Waals surface area contributed by atoms with Crippen LogP contribution in [0.5, 0.6) is 0 Å². The molecule has 1 heterocycles. The highest BCUT2D eigenvalue weighted by Gasteiger charge is 2.45. The van der Waals surface area contributed by atoms with Crippen LogP contribution < -0.4 is 5.32 Å². The fourth-order valence-corrected chi connectivity index (χ4v) is 3.72. The number of anilines is 1. The van der Waals surface area contributed by atoms with Crippen LogP contribution >= 0.6 is 0 Å². The number of hydrogen-bond donors (Lipinski definition) is 1. The number of hydrogen-bond acceptors (Lipinski definition) is 1. The van der Waals surface area contributed by atoms with E-state index in [1.807, 2.05) is 73.7 Å². The van der Waals surface area contributed by atoms with Gasteiger partial charge in [0.1, 0.15) is 5.41 Å². The molecular weight excluding hydrogens is 294 g/mol. The van der Waals surface area contributed by atoms with Crippen molar-refractivity contribution in [3.63, 3.8) is 0 Å². The van der Waals surface area contributed by atoms with Gasteiger partial charge in [-0.25, -0.2) is 0 Å². The Labute approximate surface area is 142 Å². The van der Waals surface area contributed by atoms with Crippen LogP contribution in [0.25, 0.3) is 0 Å². The highest BCUT2D eigenvalue weighted by atomic mass is 16.2. The molecule has 3 aromatic carbocycles. The lowest BCUT2D eigenvalue weighted by atomic mass is 9.67. The lowest BCUT2D eigenvalue weighted by Crippen LogP contribution is -2.46. The molecule has 2 nitrogen and oxygen atoms in total. The molecule has 1 N–H and O–H groups in total. The molecule has 0 fully saturated rings. The maximum Gasteiger partial charge on any atom is 0.239 e. The van der Waals surface area contributed by atoms with Gasteiger partial charge in [0.25, 0.3) is 0 Å². The zero-order valence-electron chi connectivity index (χ0n) is 13.6. The standard InChI is InChI=1S/C22H19NO/c1-16-9-8-10-17-15-22(21(24)23-20(16)17,18-11-4-2-5-12-18)19-13-6-3-7-14-19/h2-14H,15H2,1H3,(H,23,24). The third-order valence-electron chi connectivity index (χ3n) is 4.97. The highest BCUT2D eigenvalue weighted by Crippen LogP contribution is 2.42. The van der Waals surface area contributed by atoms with Crippen LogP contribution in [0.3, 0.4) is 0 Å². The van der Waals surface area contributed by atoms with Crippen LogP contribution in [0.2, 0.25) is 0 Å². The monoisotopic (exact) mass is 313 g/mol. The minimum Gasteiger partial charge on any atom is -0.325 e. The second kappa shape index (κ2) is 5.64. The third kappa shape index (κ3) is 2.15. The maximum atomic E-state index is 13.3. The Balaban J connectivity index is 1.97. The molecule has 1 amide bonds. The molecule has 2 heteroatoms. The summed E-state index contributed by atoms with van der Waals surface area (Å²) in [7, 11) is 0. The van der Waals surface area contributed by atoms with E-state index in [4.69, 9.17) is 0 Å². The van der Waals surface area contributed by atoms with Gasteiger partial charge in [0.15, 0.2) is 0 Å². The number of fused-ring (bicyclic) bond motifs is 1. The Bertz CT molecular complexity index is 845. The van der Waals surface area contributed by atoms with Gasteiger partial charge in [-0.05, 0) is 35.6 Å². The Morgan fingerprint density at radius 1 is 0.792 bits per heavy atom. The van der Waals surface area contributed by atoms with Gasteiger partial charge in [-0.2, -0.15) is 0 Å². The number of carbonyl (C=O) groups is 1. The van der Waals surface area contributed by atoms with E-state index in [1.165, 1.54) is 5.56 Å². The first-order valence-electron chi connectivity index (χ1n) is 8.23. The van der Waals surface area contributed by atoms with Gasteiger partial charge in [0.2, 0.25) is 5.91 Å². The number of rotatable bonds is 2. The molecule has 0 aliphatic carbocycles. The highest BCUT2D eigenvalue weighted by molar-refractivity contribution is 6.05. The van der Waals surface area contributed by atoms with Crippen molar-refractivity contribution in [3.05, 3.63) is 101 Å². The van der Waals surface area contributed by atoms with Crippen molar-refractivity contribution < 1.29 is 4.79 Å². The number of nitrogens with one attached hydrogen (secondary N) is 1. The lowest BCUT2D eigenvalue weighted by Gasteiger charge is -2.38. The van der Waals surface area contributed by atoms with Gasteiger partial charge in [-0.15, -0.1) is 0 Å². The van der Waals surface area contributed by atoms with Crippen molar-refractivity contribution >= 4 is 11.6 Å². The fraction of sp³-hybridized carbons (Fsp3) is 0.136. The van der Waals surface area contributed by atoms with E-state index < -0.39 is 5.41 Å². The topological polar surface area (TPSA) is 29.1 Å². The summed E-state index contributed by atoms with van der Waals surface area (Å²) in [5, 5.41) is 3.18. The smallest absolute Gasteiger partial charge is 0.239 e. The molecule has 0 saturated heterocycles. The molecule has 0 spiro atoms. The summed E-state index contributed by atoms with van der Waals surface area (Å²) in [4.78, 5) is 13.3. The first-order chi connectivity index (χ1) is 11.7. The zero-order chi connectivity index (χ0) is 16.6. The Morgan fingerprint density at radius 3 is 1.96 bits per heavy atom. The number of carbonyl (C=O) groups excluding carboxylic acids is 1. The molecule has 1 aliphatic rings. The summed E-state index contributed by atoms with van der Waals surface area (Å²) in [6, 6.07) is 26.4. The molecule has 0 aromatic heterocycles. The Kier molecular flexibility index (Phi) is 3.46. The van der Waals surface area contributed by atoms with Crippen molar-refractivity contribution in [1.29, 1.82) is 0 Å². The van der Waals surface area contributed by atoms with Gasteiger partial charge in [0, 0.05) is 5.69 Å². The first kappa shape index (κ1) is 14.7. The van der Waals surface area contributed by atoms with E-state index in [9.17, 15) is 4.79 Å². The number of benzene rings is 3. The van der Waals surface area contributed by atoms with E-state index in [1.54, 1.807) is 0 Å². The molecule has 0 atom stereocenters. The molecular formula is C22H19NO. The second-order valence-corrected chi connectivity index (χ2v) is 6.38. The van der Waals surface area contributed by atoms with Crippen molar-refractivity contribution in [2.75, 3.05) is 5.32 Å². The summed E-state index contributed by atoms with van der Waals surface area (Å²) >= 11 is 0. The first-order valence-corrected chi connectivity index (χ1v) is 8.23. The van der Waals surface area contributed by atoms with Crippen LogP contribution in [0, 0.1) is 6.92 Å². The predicted molar refractivity (Wildman–Crippen MR) is 97.2 cm³/mol. The van der Waals surface area contributed by atoms with E-state index in [0.717, 1.165) is 22.4 Å². The normalized spacial score (nSPS) is 15.5. The summed E-state index contributed by atoms with van der Waals surface area (Å²) in [6.45, 7) is 2.04. The minimum atomic E-state index is -0.691. The molecule has 1 aliphatic heterocycles. The van der Waals surface area contributed by atoms with Crippen LogP contribution in [-0.4, -0.2) is 5.91 Å². The zero-order valence-corrected chi connectivity index (χ0v) is 13.6. The third-order valence-corrected chi connectivity index (χ3v) is 4.97. The van der Waals surface area contributed by atoms with Crippen LogP contribution in [0.4, 0.5) is 5.69 Å². The van der Waals surface area contributed by atoms with Crippen molar-refractivity contribution in [3.8, 4) is 0 Å². The van der Waals surface area contributed by atoms with Crippen LogP contribution in [0.1, 0.15) is 22.3 Å². The number of para-hydroxylation sites is 1. The molecule has 3 aromatic rings. The molecule has 0 radical (unpaired) electrons. The average Bonchev–Trinajstić information content (AvgIpc) is 2.63. The second-order valence-electron chi connectivity index (χ2n) is 6.38. The van der Waals surface area contributed by atoms with Gasteiger partial charge in [0.05, 0.1) is 0 Å². The van der Waals surface area contributed by atoms with Crippen molar-refractivity contribution in [1.82, 2.24) is 0 Å². The molecule has 118 valence electrons. The number of amides is 1. The SMILES string of the molecule is Cc1cccc2c1NC(=O)C(c1ccccc1)(c1ccccc1)C2. The van der Waals surface area contributed by atoms with Crippen molar-refractivity contribution in [2.24, 2.45) is 0 Å². The molecule has 0 bridgehead atoms. The minimum absolute atomic E-state index is 0.0432. The molecule has 0 unspecified atom stereocenters. The van der Waals surface area contributed by atoms with Crippen LogP contribution in [-0.2, 0) is 16.6 Å². The fourth-order valence-electron chi connectivity index (χ4n) is 3.72. The molecule has 4 rings (SSSR count). The summed E-state index contributed by atoms with van der Waals surface area (Å²) in [5.74, 6) is 0.0432. The van der Waals surface area contributed by atoms with Gasteiger partial charge in [-0.3, -0.25) is 4.79 Å². The van der Waals surface area contributed by atoms with E-state index in [2.05, 4.69) is 17.4 Å². The Hall–Kier alpha value is -2.87. The molecule has 24 heavy (non-hydrogen) atoms. The van der Waals surface area contributed by atoms with Gasteiger partial charge in [-0.1, -0.05) is 78.9 Å². The Morgan fingerprint density at radius 2 is 1.38 bits per heavy atom.